The maximum Gasteiger partial charge on any atom is 0.416 e. The highest BCUT2D eigenvalue weighted by Gasteiger charge is 2.40. The number of aryl methyl sites for hydroxylation is 1. The van der Waals surface area contributed by atoms with Crippen LogP contribution in [0.2, 0.25) is 0 Å². The number of aromatic nitrogens is 2. The van der Waals surface area contributed by atoms with Crippen LogP contribution in [0.3, 0.4) is 0 Å². The van der Waals surface area contributed by atoms with Crippen molar-refractivity contribution in [3.05, 3.63) is 69.8 Å². The van der Waals surface area contributed by atoms with Gasteiger partial charge in [-0.15, -0.1) is 0 Å². The van der Waals surface area contributed by atoms with Crippen LogP contribution in [0.1, 0.15) is 35.1 Å². The number of halogens is 3. The lowest BCUT2D eigenvalue weighted by molar-refractivity contribution is -0.138. The van der Waals surface area contributed by atoms with Gasteiger partial charge in [-0.2, -0.15) is 23.3 Å². The molecule has 2 amide bonds. The number of fused-ring (bicyclic) bond motifs is 1. The van der Waals surface area contributed by atoms with Crippen LogP contribution in [0.15, 0.2) is 52.5 Å². The molecule has 2 aromatic carbocycles. The molecule has 0 spiro atoms. The third-order valence-electron chi connectivity index (χ3n) is 7.64. The van der Waals surface area contributed by atoms with E-state index in [2.05, 4.69) is 10.1 Å². The summed E-state index contributed by atoms with van der Waals surface area (Å²) in [5, 5.41) is 15.5. The molecule has 1 aromatic heterocycles. The van der Waals surface area contributed by atoms with Gasteiger partial charge in [0, 0.05) is 30.9 Å². The van der Waals surface area contributed by atoms with Gasteiger partial charge in [-0.25, -0.2) is 0 Å². The molecule has 1 N–H and O–H groups in total. The average molecular weight is 584 g/mol. The molecule has 3 aromatic rings. The minimum Gasteiger partial charge on any atom is -0.394 e. The fourth-order valence-corrected chi connectivity index (χ4v) is 6.25. The van der Waals surface area contributed by atoms with E-state index in [1.165, 1.54) is 22.5 Å². The standard InChI is InChI=1S/C29H28F3N5O3S/c1-17-2-4-20(23(10-17)29(30,31)32)14-37-24-7-3-18(11-21(24)13-33-37)12-25-26(39)34-28(41-25)35-8-9-36(22(15-35)16-38)27(40)19-5-6-19/h2-4,7,10-13,19,22,38H,5-6,8-9,14-16H2,1H3/b25-12-/t22-/m1/s1. The van der Waals surface area contributed by atoms with Gasteiger partial charge in [-0.3, -0.25) is 14.3 Å². The predicted molar refractivity (Wildman–Crippen MR) is 150 cm³/mol. The Morgan fingerprint density at radius 3 is 2.71 bits per heavy atom. The van der Waals surface area contributed by atoms with Gasteiger partial charge in [0.15, 0.2) is 5.17 Å². The Bertz CT molecular complexity index is 1590. The summed E-state index contributed by atoms with van der Waals surface area (Å²) < 4.78 is 42.4. The molecule has 6 rings (SSSR count). The van der Waals surface area contributed by atoms with Gasteiger partial charge in [0.2, 0.25) is 5.91 Å². The van der Waals surface area contributed by atoms with Gasteiger partial charge >= 0.3 is 6.18 Å². The highest BCUT2D eigenvalue weighted by molar-refractivity contribution is 8.18. The smallest absolute Gasteiger partial charge is 0.394 e. The number of carbonyl (C=O) groups is 2. The number of carbonyl (C=O) groups excluding carboxylic acids is 2. The number of benzene rings is 2. The number of piperazine rings is 1. The molecular weight excluding hydrogens is 555 g/mol. The molecule has 3 aliphatic rings. The molecule has 3 heterocycles. The summed E-state index contributed by atoms with van der Waals surface area (Å²) in [5.41, 5.74) is 1.42. The van der Waals surface area contributed by atoms with E-state index in [-0.39, 0.29) is 42.5 Å². The fourth-order valence-electron chi connectivity index (χ4n) is 5.30. The van der Waals surface area contributed by atoms with Gasteiger partial charge < -0.3 is 14.9 Å². The number of thioether (sulfide) groups is 1. The quantitative estimate of drug-likeness (QED) is 0.451. The molecule has 1 aliphatic carbocycles. The molecule has 1 saturated heterocycles. The van der Waals surface area contributed by atoms with Crippen molar-refractivity contribution in [1.82, 2.24) is 19.6 Å². The molecule has 214 valence electrons. The first kappa shape index (κ1) is 27.5. The second kappa shape index (κ2) is 10.6. The highest BCUT2D eigenvalue weighted by Crippen LogP contribution is 2.35. The SMILES string of the molecule is Cc1ccc(Cn2ncc3cc(/C=C4\SC(N5CCN(C(=O)C6CC6)[C@@H](CO)C5)=NC4=O)ccc32)c(C(F)(F)F)c1. The zero-order valence-electron chi connectivity index (χ0n) is 22.3. The molecule has 2 aliphatic heterocycles. The van der Waals surface area contributed by atoms with Gasteiger partial charge in [0.05, 0.1) is 41.4 Å². The van der Waals surface area contributed by atoms with Crippen LogP contribution in [0.25, 0.3) is 17.0 Å². The summed E-state index contributed by atoms with van der Waals surface area (Å²) in [7, 11) is 0. The summed E-state index contributed by atoms with van der Waals surface area (Å²) in [6.07, 6.45) is 0.679. The van der Waals surface area contributed by atoms with Crippen LogP contribution in [0.4, 0.5) is 13.2 Å². The van der Waals surface area contributed by atoms with Gasteiger partial charge in [-0.05, 0) is 66.9 Å². The lowest BCUT2D eigenvalue weighted by Crippen LogP contribution is -2.57. The average Bonchev–Trinajstić information content (AvgIpc) is 3.64. The molecule has 41 heavy (non-hydrogen) atoms. The van der Waals surface area contributed by atoms with Crippen molar-refractivity contribution in [2.75, 3.05) is 26.2 Å². The topological polar surface area (TPSA) is 91.0 Å². The van der Waals surface area contributed by atoms with Crippen molar-refractivity contribution in [2.24, 2.45) is 10.9 Å². The number of rotatable bonds is 5. The summed E-state index contributed by atoms with van der Waals surface area (Å²) >= 11 is 1.25. The van der Waals surface area contributed by atoms with Gasteiger partial charge in [-0.1, -0.05) is 23.8 Å². The first-order chi connectivity index (χ1) is 19.6. The number of aliphatic hydroxyl groups is 1. The van der Waals surface area contributed by atoms with Crippen LogP contribution in [-0.4, -0.2) is 74.0 Å². The largest absolute Gasteiger partial charge is 0.416 e. The zero-order valence-corrected chi connectivity index (χ0v) is 23.1. The van der Waals surface area contributed by atoms with Crippen molar-refractivity contribution in [3.63, 3.8) is 0 Å². The van der Waals surface area contributed by atoms with E-state index in [1.54, 1.807) is 42.3 Å². The van der Waals surface area contributed by atoms with Crippen LogP contribution < -0.4 is 0 Å². The number of aliphatic hydroxyl groups excluding tert-OH is 1. The fraction of sp³-hybridized carbons (Fsp3) is 0.379. The Labute approximate surface area is 238 Å². The first-order valence-electron chi connectivity index (χ1n) is 13.4. The Hall–Kier alpha value is -3.64. The molecular formula is C29H28F3N5O3S. The third kappa shape index (κ3) is 5.62. The molecule has 0 bridgehead atoms. The molecule has 12 heteroatoms. The summed E-state index contributed by atoms with van der Waals surface area (Å²) in [5.74, 6) is -0.189. The Kier molecular flexibility index (Phi) is 7.14. The van der Waals surface area contributed by atoms with Crippen molar-refractivity contribution < 1.29 is 27.9 Å². The number of hydrogen-bond acceptors (Lipinski definition) is 6. The maximum absolute atomic E-state index is 13.6. The monoisotopic (exact) mass is 583 g/mol. The number of nitrogens with zero attached hydrogens (tertiary/aromatic N) is 5. The maximum atomic E-state index is 13.6. The van der Waals surface area contributed by atoms with Crippen LogP contribution in [-0.2, 0) is 22.3 Å². The lowest BCUT2D eigenvalue weighted by Gasteiger charge is -2.41. The third-order valence-corrected chi connectivity index (χ3v) is 8.68. The van der Waals surface area contributed by atoms with Crippen LogP contribution in [0.5, 0.6) is 0 Å². The molecule has 1 atom stereocenters. The molecule has 0 unspecified atom stereocenters. The number of hydrogen-bond donors (Lipinski definition) is 1. The number of alkyl halides is 3. The number of amidine groups is 1. The molecule has 8 nitrogen and oxygen atoms in total. The number of amides is 2. The van der Waals surface area contributed by atoms with E-state index < -0.39 is 11.7 Å². The van der Waals surface area contributed by atoms with E-state index in [4.69, 9.17) is 0 Å². The van der Waals surface area contributed by atoms with Gasteiger partial charge in [0.1, 0.15) is 0 Å². The minimum absolute atomic E-state index is 0.0288. The van der Waals surface area contributed by atoms with E-state index in [0.717, 1.165) is 29.9 Å². The Balaban J connectivity index is 1.16. The van der Waals surface area contributed by atoms with Crippen LogP contribution in [0, 0.1) is 12.8 Å². The van der Waals surface area contributed by atoms with E-state index in [9.17, 15) is 27.9 Å². The second-order valence-electron chi connectivity index (χ2n) is 10.7. The minimum atomic E-state index is -4.46. The molecule has 0 radical (unpaired) electrons. The summed E-state index contributed by atoms with van der Waals surface area (Å²) in [4.78, 5) is 33.7. The van der Waals surface area contributed by atoms with E-state index in [1.807, 2.05) is 11.0 Å². The van der Waals surface area contributed by atoms with E-state index in [0.29, 0.717) is 40.8 Å². The predicted octanol–water partition coefficient (Wildman–Crippen LogP) is 4.30. The van der Waals surface area contributed by atoms with E-state index >= 15 is 0 Å². The van der Waals surface area contributed by atoms with Crippen LogP contribution >= 0.6 is 11.8 Å². The summed E-state index contributed by atoms with van der Waals surface area (Å²) in [6.45, 7) is 2.86. The van der Waals surface area contributed by atoms with Crippen molar-refractivity contribution in [2.45, 2.75) is 38.5 Å². The number of aliphatic imine (C=N–C) groups is 1. The molecule has 1 saturated carbocycles. The normalized spacial score (nSPS) is 20.8. The highest BCUT2D eigenvalue weighted by atomic mass is 32.2. The van der Waals surface area contributed by atoms with Crippen molar-refractivity contribution in [3.8, 4) is 0 Å². The van der Waals surface area contributed by atoms with Crippen molar-refractivity contribution >= 4 is 45.7 Å². The lowest BCUT2D eigenvalue weighted by atomic mass is 10.0. The second-order valence-corrected chi connectivity index (χ2v) is 11.7. The first-order valence-corrected chi connectivity index (χ1v) is 14.2. The Morgan fingerprint density at radius 1 is 1.17 bits per heavy atom. The van der Waals surface area contributed by atoms with Crippen molar-refractivity contribution in [1.29, 1.82) is 0 Å². The zero-order chi connectivity index (χ0) is 28.9. The molecule has 2 fully saturated rings. The summed E-state index contributed by atoms with van der Waals surface area (Å²) in [6, 6.07) is 9.36. The van der Waals surface area contributed by atoms with Gasteiger partial charge in [0.25, 0.3) is 5.91 Å². The Morgan fingerprint density at radius 2 is 1.98 bits per heavy atom.